The fourth-order valence-corrected chi connectivity index (χ4v) is 1.78. The van der Waals surface area contributed by atoms with Gasteiger partial charge in [-0.3, -0.25) is 0 Å². The van der Waals surface area contributed by atoms with Gasteiger partial charge in [0.05, 0.1) is 0 Å². The smallest absolute Gasteiger partial charge is 0.319 e. The second kappa shape index (κ2) is 6.13. The number of anilines is 1. The van der Waals surface area contributed by atoms with E-state index in [9.17, 15) is 4.79 Å². The standard InChI is InChI=1S/C15H21N3O3/c1-15(2,3)13-18-11-9-10(5-6-12(11)21-13)17-14(20)16-7-4-8-19/h5-6,9,19H,4,7-8H2,1-3H3,(H2,16,17,20). The van der Waals surface area contributed by atoms with Crippen LogP contribution in [-0.2, 0) is 5.41 Å². The zero-order chi connectivity index (χ0) is 15.5. The van der Waals surface area contributed by atoms with Crippen LogP contribution in [0.2, 0.25) is 0 Å². The van der Waals surface area contributed by atoms with Gasteiger partial charge in [0.25, 0.3) is 0 Å². The third kappa shape index (κ3) is 3.95. The summed E-state index contributed by atoms with van der Waals surface area (Å²) in [7, 11) is 0. The number of aromatic nitrogens is 1. The van der Waals surface area contributed by atoms with E-state index in [0.29, 0.717) is 35.6 Å². The molecule has 0 aliphatic carbocycles. The van der Waals surface area contributed by atoms with Gasteiger partial charge in [0, 0.05) is 24.3 Å². The summed E-state index contributed by atoms with van der Waals surface area (Å²) in [5.41, 5.74) is 1.91. The van der Waals surface area contributed by atoms with Crippen LogP contribution >= 0.6 is 0 Å². The number of aliphatic hydroxyl groups excluding tert-OH is 1. The molecule has 3 N–H and O–H groups in total. The summed E-state index contributed by atoms with van der Waals surface area (Å²) in [4.78, 5) is 16.1. The number of carbonyl (C=O) groups is 1. The maximum absolute atomic E-state index is 11.6. The molecule has 2 amide bonds. The maximum Gasteiger partial charge on any atom is 0.319 e. The van der Waals surface area contributed by atoms with E-state index in [1.165, 1.54) is 0 Å². The molecule has 0 saturated carbocycles. The Hall–Kier alpha value is -2.08. The van der Waals surface area contributed by atoms with Crippen molar-refractivity contribution >= 4 is 22.8 Å². The molecule has 0 fully saturated rings. The lowest BCUT2D eigenvalue weighted by Gasteiger charge is -2.11. The molecule has 0 unspecified atom stereocenters. The van der Waals surface area contributed by atoms with Crippen molar-refractivity contribution in [3.63, 3.8) is 0 Å². The van der Waals surface area contributed by atoms with Crippen LogP contribution in [0.3, 0.4) is 0 Å². The Morgan fingerprint density at radius 3 is 2.81 bits per heavy atom. The number of nitrogens with zero attached hydrogens (tertiary/aromatic N) is 1. The van der Waals surface area contributed by atoms with Gasteiger partial charge in [0.15, 0.2) is 5.58 Å². The van der Waals surface area contributed by atoms with Gasteiger partial charge < -0.3 is 20.2 Å². The van der Waals surface area contributed by atoms with E-state index in [2.05, 4.69) is 15.6 Å². The van der Waals surface area contributed by atoms with Crippen molar-refractivity contribution in [2.75, 3.05) is 18.5 Å². The lowest BCUT2D eigenvalue weighted by atomic mass is 9.97. The number of hydrogen-bond donors (Lipinski definition) is 3. The Labute approximate surface area is 123 Å². The van der Waals surface area contributed by atoms with Crippen LogP contribution in [0.25, 0.3) is 11.1 Å². The minimum atomic E-state index is -0.303. The molecule has 0 aliphatic rings. The number of amides is 2. The van der Waals surface area contributed by atoms with Crippen LogP contribution in [0.1, 0.15) is 33.1 Å². The zero-order valence-electron chi connectivity index (χ0n) is 12.6. The Balaban J connectivity index is 2.10. The predicted molar refractivity (Wildman–Crippen MR) is 81.4 cm³/mol. The number of rotatable bonds is 4. The van der Waals surface area contributed by atoms with Gasteiger partial charge >= 0.3 is 6.03 Å². The monoisotopic (exact) mass is 291 g/mol. The molecule has 1 aromatic carbocycles. The van der Waals surface area contributed by atoms with E-state index >= 15 is 0 Å². The number of hydrogen-bond acceptors (Lipinski definition) is 4. The number of aliphatic hydroxyl groups is 1. The first-order valence-electron chi connectivity index (χ1n) is 6.97. The Kier molecular flexibility index (Phi) is 4.47. The van der Waals surface area contributed by atoms with Gasteiger partial charge in [-0.1, -0.05) is 20.8 Å². The number of urea groups is 1. The zero-order valence-corrected chi connectivity index (χ0v) is 12.6. The lowest BCUT2D eigenvalue weighted by molar-refractivity contribution is 0.249. The fourth-order valence-electron chi connectivity index (χ4n) is 1.78. The molecule has 0 aliphatic heterocycles. The van der Waals surface area contributed by atoms with E-state index in [1.54, 1.807) is 18.2 Å². The van der Waals surface area contributed by atoms with E-state index in [0.717, 1.165) is 0 Å². The van der Waals surface area contributed by atoms with Crippen LogP contribution in [0.5, 0.6) is 0 Å². The van der Waals surface area contributed by atoms with Gasteiger partial charge in [-0.15, -0.1) is 0 Å². The molecule has 2 rings (SSSR count). The normalized spacial score (nSPS) is 11.6. The SMILES string of the molecule is CC(C)(C)c1nc2cc(NC(=O)NCCCO)ccc2o1. The predicted octanol–water partition coefficient (Wildman–Crippen LogP) is 2.63. The van der Waals surface area contributed by atoms with Crippen molar-refractivity contribution in [3.05, 3.63) is 24.1 Å². The minimum Gasteiger partial charge on any atom is -0.440 e. The van der Waals surface area contributed by atoms with Crippen molar-refractivity contribution < 1.29 is 14.3 Å². The number of fused-ring (bicyclic) bond motifs is 1. The summed E-state index contributed by atoms with van der Waals surface area (Å²) in [6.07, 6.45) is 0.532. The summed E-state index contributed by atoms with van der Waals surface area (Å²) in [5, 5.41) is 14.0. The van der Waals surface area contributed by atoms with Gasteiger partial charge in [0.2, 0.25) is 5.89 Å². The summed E-state index contributed by atoms with van der Waals surface area (Å²) in [6, 6.07) is 5.04. The van der Waals surface area contributed by atoms with E-state index < -0.39 is 0 Å². The molecule has 1 heterocycles. The molecule has 0 spiro atoms. The highest BCUT2D eigenvalue weighted by Crippen LogP contribution is 2.27. The average Bonchev–Trinajstić information content (AvgIpc) is 2.82. The summed E-state index contributed by atoms with van der Waals surface area (Å²) in [6.45, 7) is 6.59. The molecule has 6 heteroatoms. The molecule has 0 radical (unpaired) electrons. The van der Waals surface area contributed by atoms with Crippen molar-refractivity contribution in [3.8, 4) is 0 Å². The van der Waals surface area contributed by atoms with Gasteiger partial charge in [-0.25, -0.2) is 9.78 Å². The molecule has 0 saturated heterocycles. The lowest BCUT2D eigenvalue weighted by Crippen LogP contribution is -2.29. The molecule has 21 heavy (non-hydrogen) atoms. The third-order valence-electron chi connectivity index (χ3n) is 2.91. The highest BCUT2D eigenvalue weighted by Gasteiger charge is 2.21. The highest BCUT2D eigenvalue weighted by atomic mass is 16.3. The highest BCUT2D eigenvalue weighted by molar-refractivity contribution is 5.91. The summed E-state index contributed by atoms with van der Waals surface area (Å²) >= 11 is 0. The first-order valence-corrected chi connectivity index (χ1v) is 6.97. The Bertz CT molecular complexity index is 629. The second-order valence-corrected chi connectivity index (χ2v) is 5.91. The summed E-state index contributed by atoms with van der Waals surface area (Å²) in [5.74, 6) is 0.669. The number of benzene rings is 1. The molecule has 114 valence electrons. The number of oxazole rings is 1. The van der Waals surface area contributed by atoms with E-state index in [-0.39, 0.29) is 18.1 Å². The quantitative estimate of drug-likeness (QED) is 0.756. The Morgan fingerprint density at radius 1 is 1.38 bits per heavy atom. The van der Waals surface area contributed by atoms with Crippen LogP contribution in [0.15, 0.2) is 22.6 Å². The van der Waals surface area contributed by atoms with E-state index in [1.807, 2.05) is 20.8 Å². The Morgan fingerprint density at radius 2 is 2.14 bits per heavy atom. The van der Waals surface area contributed by atoms with Gasteiger partial charge in [0.1, 0.15) is 5.52 Å². The van der Waals surface area contributed by atoms with Gasteiger partial charge in [-0.2, -0.15) is 0 Å². The van der Waals surface area contributed by atoms with Crippen LogP contribution < -0.4 is 10.6 Å². The molecule has 1 aromatic heterocycles. The number of carbonyl (C=O) groups excluding carboxylic acids is 1. The van der Waals surface area contributed by atoms with Crippen LogP contribution in [-0.4, -0.2) is 29.3 Å². The maximum atomic E-state index is 11.6. The first kappa shape index (κ1) is 15.3. The fraction of sp³-hybridized carbons (Fsp3) is 0.467. The number of nitrogens with one attached hydrogen (secondary N) is 2. The van der Waals surface area contributed by atoms with E-state index in [4.69, 9.17) is 9.52 Å². The molecular formula is C15H21N3O3. The largest absolute Gasteiger partial charge is 0.440 e. The molecule has 0 bridgehead atoms. The molecular weight excluding hydrogens is 270 g/mol. The average molecular weight is 291 g/mol. The minimum absolute atomic E-state index is 0.0563. The third-order valence-corrected chi connectivity index (χ3v) is 2.91. The van der Waals surface area contributed by atoms with Gasteiger partial charge in [-0.05, 0) is 24.6 Å². The second-order valence-electron chi connectivity index (χ2n) is 5.91. The van der Waals surface area contributed by atoms with Crippen molar-refractivity contribution in [1.29, 1.82) is 0 Å². The van der Waals surface area contributed by atoms with Crippen molar-refractivity contribution in [1.82, 2.24) is 10.3 Å². The molecule has 0 atom stereocenters. The van der Waals surface area contributed by atoms with Crippen molar-refractivity contribution in [2.24, 2.45) is 0 Å². The molecule has 2 aromatic rings. The van der Waals surface area contributed by atoms with Crippen molar-refractivity contribution in [2.45, 2.75) is 32.6 Å². The molecule has 6 nitrogen and oxygen atoms in total. The summed E-state index contributed by atoms with van der Waals surface area (Å²) < 4.78 is 5.70. The topological polar surface area (TPSA) is 87.4 Å². The van der Waals surface area contributed by atoms with Crippen LogP contribution in [0.4, 0.5) is 10.5 Å². The first-order chi connectivity index (χ1) is 9.90. The van der Waals surface area contributed by atoms with Crippen LogP contribution in [0, 0.1) is 0 Å².